The minimum atomic E-state index is -1.09. The predicted octanol–water partition coefficient (Wildman–Crippen LogP) is 1.71. The van der Waals surface area contributed by atoms with E-state index in [1.165, 1.54) is 0 Å². The second-order valence-electron chi connectivity index (χ2n) is 4.70. The smallest absolute Gasteiger partial charge is 0.495 e. The maximum absolute atomic E-state index is 6.22. The molecule has 0 N–H and O–H groups in total. The SMILES string of the molecule is COc1ccc(C2(c3[c-]c(Cl)c(Cl)cc3)OCCO2)cc1Cl.[Li+]. The Labute approximate surface area is 161 Å². The third kappa shape index (κ3) is 3.52. The van der Waals surface area contributed by atoms with E-state index in [4.69, 9.17) is 49.0 Å². The largest absolute Gasteiger partial charge is 1.00 e. The third-order valence-corrected chi connectivity index (χ3v) is 4.44. The van der Waals surface area contributed by atoms with Crippen LogP contribution < -0.4 is 23.6 Å². The molecule has 1 fully saturated rings. The second kappa shape index (κ2) is 7.67. The summed E-state index contributed by atoms with van der Waals surface area (Å²) in [6.07, 6.45) is 0. The fraction of sp³-hybridized carbons (Fsp3) is 0.250. The van der Waals surface area contributed by atoms with Crippen molar-refractivity contribution in [1.82, 2.24) is 0 Å². The Balaban J connectivity index is 0.00000192. The first-order chi connectivity index (χ1) is 10.6. The van der Waals surface area contributed by atoms with Crippen molar-refractivity contribution in [1.29, 1.82) is 0 Å². The summed E-state index contributed by atoms with van der Waals surface area (Å²) in [4.78, 5) is 0. The minimum absolute atomic E-state index is 0. The van der Waals surface area contributed by atoms with Crippen LogP contribution in [0.15, 0.2) is 30.3 Å². The van der Waals surface area contributed by atoms with Gasteiger partial charge >= 0.3 is 18.9 Å². The quantitative estimate of drug-likeness (QED) is 0.612. The molecule has 3 rings (SSSR count). The van der Waals surface area contributed by atoms with E-state index >= 15 is 0 Å². The van der Waals surface area contributed by atoms with Crippen molar-refractivity contribution in [3.63, 3.8) is 0 Å². The fourth-order valence-electron chi connectivity index (χ4n) is 2.40. The summed E-state index contributed by atoms with van der Waals surface area (Å²) in [7, 11) is 1.56. The van der Waals surface area contributed by atoms with Gasteiger partial charge in [-0.1, -0.05) is 27.2 Å². The number of benzene rings is 2. The van der Waals surface area contributed by atoms with Crippen molar-refractivity contribution >= 4 is 34.8 Å². The molecule has 1 saturated heterocycles. The molecule has 0 bridgehead atoms. The molecule has 2 aromatic rings. The van der Waals surface area contributed by atoms with Crippen LogP contribution in [0.2, 0.25) is 15.1 Å². The molecule has 116 valence electrons. The standard InChI is InChI=1S/C16H12Cl3O3.Li/c1-20-15-5-3-11(9-14(15)19)16(21-6-7-22-16)10-2-4-12(17)13(18)8-10;/h2-5,9H,6-7H2,1H3;/q-1;+1. The zero-order chi connectivity index (χ0) is 15.7. The van der Waals surface area contributed by atoms with Gasteiger partial charge in [-0.25, -0.2) is 0 Å². The molecule has 0 unspecified atom stereocenters. The molecule has 0 saturated carbocycles. The third-order valence-electron chi connectivity index (χ3n) is 3.43. The molecule has 0 spiro atoms. The summed E-state index contributed by atoms with van der Waals surface area (Å²) in [5, 5.41) is 1.21. The van der Waals surface area contributed by atoms with Crippen LogP contribution in [0.3, 0.4) is 0 Å². The van der Waals surface area contributed by atoms with Gasteiger partial charge in [-0.2, -0.15) is 29.8 Å². The number of hydrogen-bond donors (Lipinski definition) is 0. The average Bonchev–Trinajstić information content (AvgIpc) is 3.01. The van der Waals surface area contributed by atoms with Crippen molar-refractivity contribution < 1.29 is 33.1 Å². The molecule has 1 heterocycles. The van der Waals surface area contributed by atoms with Gasteiger partial charge in [0.1, 0.15) is 5.75 Å². The maximum Gasteiger partial charge on any atom is 1.00 e. The van der Waals surface area contributed by atoms with Crippen LogP contribution in [0.1, 0.15) is 11.1 Å². The minimum Gasteiger partial charge on any atom is -0.495 e. The first-order valence-electron chi connectivity index (χ1n) is 6.56. The van der Waals surface area contributed by atoms with Crippen LogP contribution in [0, 0.1) is 6.07 Å². The summed E-state index contributed by atoms with van der Waals surface area (Å²) in [5.74, 6) is -0.513. The van der Waals surface area contributed by atoms with Gasteiger partial charge in [-0.05, 0) is 18.2 Å². The topological polar surface area (TPSA) is 27.7 Å². The zero-order valence-corrected chi connectivity index (χ0v) is 14.9. The Morgan fingerprint density at radius 1 is 1.04 bits per heavy atom. The van der Waals surface area contributed by atoms with E-state index in [9.17, 15) is 0 Å². The Bertz CT molecular complexity index is 703. The van der Waals surface area contributed by atoms with E-state index in [0.717, 1.165) is 5.56 Å². The molecule has 0 aliphatic carbocycles. The summed E-state index contributed by atoms with van der Waals surface area (Å²) < 4.78 is 16.9. The van der Waals surface area contributed by atoms with Crippen molar-refractivity contribution in [2.75, 3.05) is 20.3 Å². The first-order valence-corrected chi connectivity index (χ1v) is 7.70. The van der Waals surface area contributed by atoms with Crippen molar-refractivity contribution in [2.24, 2.45) is 0 Å². The molecule has 0 radical (unpaired) electrons. The molecular weight excluding hydrogens is 353 g/mol. The Morgan fingerprint density at radius 2 is 1.74 bits per heavy atom. The van der Waals surface area contributed by atoms with Gasteiger partial charge in [0.25, 0.3) is 0 Å². The van der Waals surface area contributed by atoms with E-state index in [2.05, 4.69) is 6.07 Å². The van der Waals surface area contributed by atoms with Crippen molar-refractivity contribution in [3.8, 4) is 5.75 Å². The van der Waals surface area contributed by atoms with Gasteiger partial charge in [0.15, 0.2) is 5.79 Å². The second-order valence-corrected chi connectivity index (χ2v) is 5.89. The Kier molecular flexibility index (Phi) is 6.33. The van der Waals surface area contributed by atoms with Crippen LogP contribution in [0.25, 0.3) is 0 Å². The van der Waals surface area contributed by atoms with Crippen LogP contribution in [0.4, 0.5) is 0 Å². The van der Waals surface area contributed by atoms with E-state index in [1.54, 1.807) is 31.4 Å². The van der Waals surface area contributed by atoms with E-state index in [1.807, 2.05) is 6.07 Å². The van der Waals surface area contributed by atoms with E-state index < -0.39 is 5.79 Å². The number of methoxy groups -OCH3 is 1. The summed E-state index contributed by atoms with van der Waals surface area (Å²) in [5.41, 5.74) is 1.38. The Hall–Kier alpha value is -0.373. The molecule has 0 atom stereocenters. The normalized spacial score (nSPS) is 16.0. The maximum atomic E-state index is 6.22. The average molecular weight is 366 g/mol. The summed E-state index contributed by atoms with van der Waals surface area (Å²) >= 11 is 18.3. The monoisotopic (exact) mass is 364 g/mol. The molecule has 23 heavy (non-hydrogen) atoms. The summed E-state index contributed by atoms with van der Waals surface area (Å²) in [6, 6.07) is 11.8. The summed E-state index contributed by atoms with van der Waals surface area (Å²) in [6.45, 7) is 0.912. The molecule has 3 nitrogen and oxygen atoms in total. The molecule has 0 aromatic heterocycles. The van der Waals surface area contributed by atoms with Gasteiger partial charge in [-0.3, -0.25) is 0 Å². The fourth-order valence-corrected chi connectivity index (χ4v) is 2.94. The van der Waals surface area contributed by atoms with Gasteiger partial charge in [0.05, 0.1) is 25.3 Å². The van der Waals surface area contributed by atoms with Crippen LogP contribution in [-0.2, 0) is 15.3 Å². The van der Waals surface area contributed by atoms with Crippen LogP contribution >= 0.6 is 34.8 Å². The van der Waals surface area contributed by atoms with E-state index in [-0.39, 0.29) is 18.9 Å². The van der Waals surface area contributed by atoms with Gasteiger partial charge in [0.2, 0.25) is 0 Å². The van der Waals surface area contributed by atoms with Gasteiger partial charge < -0.3 is 14.2 Å². The zero-order valence-electron chi connectivity index (χ0n) is 12.7. The molecule has 2 aromatic carbocycles. The molecule has 0 amide bonds. The van der Waals surface area contributed by atoms with Gasteiger partial charge in [0, 0.05) is 5.56 Å². The number of rotatable bonds is 3. The molecule has 1 aliphatic heterocycles. The molecule has 1 aliphatic rings. The van der Waals surface area contributed by atoms with Crippen LogP contribution in [0.5, 0.6) is 5.75 Å². The number of hydrogen-bond acceptors (Lipinski definition) is 3. The number of ether oxygens (including phenoxy) is 3. The van der Waals surface area contributed by atoms with Crippen LogP contribution in [-0.4, -0.2) is 20.3 Å². The van der Waals surface area contributed by atoms with Crippen molar-refractivity contribution in [2.45, 2.75) is 5.79 Å². The first kappa shape index (κ1) is 19.0. The molecule has 7 heteroatoms. The molecular formula is C16H12Cl3LiO3. The number of halogens is 3. The Morgan fingerprint density at radius 3 is 2.30 bits per heavy atom. The van der Waals surface area contributed by atoms with Gasteiger partial charge in [-0.15, -0.1) is 11.6 Å². The van der Waals surface area contributed by atoms with Crippen molar-refractivity contribution in [3.05, 3.63) is 62.6 Å². The predicted molar refractivity (Wildman–Crippen MR) is 86.0 cm³/mol. The van der Waals surface area contributed by atoms with E-state index in [0.29, 0.717) is 39.6 Å².